The van der Waals surface area contributed by atoms with Crippen molar-refractivity contribution in [3.8, 4) is 0 Å². The molecule has 0 atom stereocenters. The Morgan fingerprint density at radius 1 is 0.967 bits per heavy atom. The molecular formula is C23H21N5S2. The average molecular weight is 432 g/mol. The molecule has 0 radical (unpaired) electrons. The summed E-state index contributed by atoms with van der Waals surface area (Å²) in [7, 11) is 4.02. The lowest BCUT2D eigenvalue weighted by Gasteiger charge is -2.11. The van der Waals surface area contributed by atoms with Gasteiger partial charge in [0.15, 0.2) is 4.32 Å². The van der Waals surface area contributed by atoms with Crippen molar-refractivity contribution in [2.24, 2.45) is 10.2 Å². The maximum atomic E-state index is 5.60. The Labute approximate surface area is 185 Å². The van der Waals surface area contributed by atoms with Crippen LogP contribution in [0.1, 0.15) is 5.56 Å². The van der Waals surface area contributed by atoms with Gasteiger partial charge in [0.25, 0.3) is 0 Å². The van der Waals surface area contributed by atoms with Gasteiger partial charge in [0.05, 0.1) is 23.1 Å². The molecule has 0 spiro atoms. The first-order valence-electron chi connectivity index (χ1n) is 9.48. The van der Waals surface area contributed by atoms with Crippen molar-refractivity contribution in [2.75, 3.05) is 19.0 Å². The number of anilines is 1. The van der Waals surface area contributed by atoms with Gasteiger partial charge in [0, 0.05) is 30.9 Å². The summed E-state index contributed by atoms with van der Waals surface area (Å²) in [5.74, 6) is 0.819. The Morgan fingerprint density at radius 2 is 1.67 bits per heavy atom. The van der Waals surface area contributed by atoms with Crippen LogP contribution in [0, 0.1) is 0 Å². The van der Waals surface area contributed by atoms with Crippen molar-refractivity contribution in [3.63, 3.8) is 0 Å². The summed E-state index contributed by atoms with van der Waals surface area (Å²) >= 11 is 7.20. The molecule has 0 aliphatic carbocycles. The summed E-state index contributed by atoms with van der Waals surface area (Å²) in [6.07, 6.45) is 1.82. The zero-order chi connectivity index (χ0) is 20.9. The maximum Gasteiger partial charge on any atom is 0.162 e. The maximum absolute atomic E-state index is 5.60. The van der Waals surface area contributed by atoms with E-state index >= 15 is 0 Å². The molecule has 0 saturated heterocycles. The fourth-order valence-electron chi connectivity index (χ4n) is 2.94. The highest BCUT2D eigenvalue weighted by Crippen LogP contribution is 2.26. The molecule has 4 aromatic rings. The molecule has 0 bridgehead atoms. The van der Waals surface area contributed by atoms with E-state index < -0.39 is 0 Å². The third-order valence-electron chi connectivity index (χ3n) is 4.58. The molecule has 0 fully saturated rings. The normalized spacial score (nSPS) is 11.3. The standard InChI is InChI=1S/C23H21N5S2/c1-27(2)21-11-8-19(9-12-21)25-26-20-10-13-22-18(14-20)15-24-28(22)23(29)30-16-17-6-4-3-5-7-17/h3-15H,16H2,1-2H3. The van der Waals surface area contributed by atoms with E-state index in [0.717, 1.165) is 38.0 Å². The molecule has 0 N–H and O–H groups in total. The number of azo groups is 1. The first kappa shape index (κ1) is 20.3. The van der Waals surface area contributed by atoms with Crippen LogP contribution in [0.3, 0.4) is 0 Å². The summed E-state index contributed by atoms with van der Waals surface area (Å²) < 4.78 is 2.53. The largest absolute Gasteiger partial charge is 0.378 e. The van der Waals surface area contributed by atoms with E-state index in [9.17, 15) is 0 Å². The fourth-order valence-corrected chi connectivity index (χ4v) is 4.01. The molecular weight excluding hydrogens is 410 g/mol. The highest BCUT2D eigenvalue weighted by molar-refractivity contribution is 8.22. The second kappa shape index (κ2) is 9.19. The van der Waals surface area contributed by atoms with Crippen LogP contribution in [0.25, 0.3) is 10.9 Å². The molecule has 150 valence electrons. The number of aromatic nitrogens is 2. The number of thioether (sulfide) groups is 1. The van der Waals surface area contributed by atoms with Crippen molar-refractivity contribution >= 4 is 56.3 Å². The Balaban J connectivity index is 1.47. The molecule has 3 aromatic carbocycles. The van der Waals surface area contributed by atoms with Gasteiger partial charge in [-0.3, -0.25) is 0 Å². The van der Waals surface area contributed by atoms with Crippen LogP contribution in [0.2, 0.25) is 0 Å². The summed E-state index contributed by atoms with van der Waals surface area (Å²) in [5, 5.41) is 14.2. The summed E-state index contributed by atoms with van der Waals surface area (Å²) in [6, 6.07) is 24.1. The van der Waals surface area contributed by atoms with E-state index in [1.807, 2.05) is 81.0 Å². The van der Waals surface area contributed by atoms with Gasteiger partial charge >= 0.3 is 0 Å². The molecule has 0 amide bonds. The lowest BCUT2D eigenvalue weighted by Crippen LogP contribution is -2.07. The van der Waals surface area contributed by atoms with Crippen LogP contribution >= 0.6 is 24.0 Å². The molecule has 0 aliphatic heterocycles. The predicted octanol–water partition coefficient (Wildman–Crippen LogP) is 6.58. The van der Waals surface area contributed by atoms with Gasteiger partial charge in [0.2, 0.25) is 0 Å². The van der Waals surface area contributed by atoms with Crippen LogP contribution in [0.4, 0.5) is 17.1 Å². The Morgan fingerprint density at radius 3 is 2.40 bits per heavy atom. The molecule has 0 unspecified atom stereocenters. The Hall–Kier alpha value is -3.03. The average Bonchev–Trinajstić information content (AvgIpc) is 3.20. The van der Waals surface area contributed by atoms with E-state index in [0.29, 0.717) is 0 Å². The first-order valence-corrected chi connectivity index (χ1v) is 10.9. The second-order valence-corrected chi connectivity index (χ2v) is 8.56. The number of benzene rings is 3. The van der Waals surface area contributed by atoms with Gasteiger partial charge in [-0.05, 0) is 48.0 Å². The molecule has 4 rings (SSSR count). The molecule has 30 heavy (non-hydrogen) atoms. The SMILES string of the molecule is CN(C)c1ccc(N=Nc2ccc3c(cnn3C(=S)SCc3ccccc3)c2)cc1. The summed E-state index contributed by atoms with van der Waals surface area (Å²) in [5.41, 5.74) is 4.93. The van der Waals surface area contributed by atoms with Crippen LogP contribution < -0.4 is 4.90 Å². The quantitative estimate of drug-likeness (QED) is 0.264. The van der Waals surface area contributed by atoms with Crippen LogP contribution in [0.15, 0.2) is 89.2 Å². The van der Waals surface area contributed by atoms with Crippen molar-refractivity contribution in [1.29, 1.82) is 0 Å². The zero-order valence-electron chi connectivity index (χ0n) is 16.8. The number of rotatable bonds is 5. The van der Waals surface area contributed by atoms with E-state index in [2.05, 4.69) is 32.4 Å². The monoisotopic (exact) mass is 431 g/mol. The van der Waals surface area contributed by atoms with Crippen molar-refractivity contribution in [3.05, 3.63) is 84.6 Å². The topological polar surface area (TPSA) is 45.8 Å². The molecule has 0 saturated carbocycles. The smallest absolute Gasteiger partial charge is 0.162 e. The predicted molar refractivity (Wildman–Crippen MR) is 130 cm³/mol. The van der Waals surface area contributed by atoms with Crippen LogP contribution in [-0.2, 0) is 5.75 Å². The first-order chi connectivity index (χ1) is 14.6. The van der Waals surface area contributed by atoms with Gasteiger partial charge in [-0.25, -0.2) is 4.68 Å². The van der Waals surface area contributed by atoms with Gasteiger partial charge in [0.1, 0.15) is 0 Å². The number of fused-ring (bicyclic) bond motifs is 1. The van der Waals surface area contributed by atoms with E-state index in [1.54, 1.807) is 16.4 Å². The lowest BCUT2D eigenvalue weighted by atomic mass is 10.2. The van der Waals surface area contributed by atoms with E-state index in [4.69, 9.17) is 12.2 Å². The zero-order valence-corrected chi connectivity index (χ0v) is 18.4. The minimum absolute atomic E-state index is 0.726. The molecule has 7 heteroatoms. The molecule has 5 nitrogen and oxygen atoms in total. The third kappa shape index (κ3) is 4.75. The lowest BCUT2D eigenvalue weighted by molar-refractivity contribution is 0.995. The highest BCUT2D eigenvalue weighted by atomic mass is 32.2. The Bertz CT molecular complexity index is 1180. The van der Waals surface area contributed by atoms with Crippen LogP contribution in [0.5, 0.6) is 0 Å². The van der Waals surface area contributed by atoms with E-state index in [1.165, 1.54) is 5.56 Å². The minimum Gasteiger partial charge on any atom is -0.378 e. The second-order valence-electron chi connectivity index (χ2n) is 6.95. The summed E-state index contributed by atoms with van der Waals surface area (Å²) in [6.45, 7) is 0. The molecule has 0 aliphatic rings. The minimum atomic E-state index is 0.726. The van der Waals surface area contributed by atoms with Gasteiger partial charge < -0.3 is 4.90 Å². The number of nitrogens with zero attached hydrogens (tertiary/aromatic N) is 5. The fraction of sp³-hybridized carbons (Fsp3) is 0.130. The van der Waals surface area contributed by atoms with E-state index in [-0.39, 0.29) is 0 Å². The number of hydrogen-bond acceptors (Lipinski definition) is 6. The van der Waals surface area contributed by atoms with Crippen molar-refractivity contribution < 1.29 is 0 Å². The van der Waals surface area contributed by atoms with Gasteiger partial charge in [-0.1, -0.05) is 54.3 Å². The number of hydrogen-bond donors (Lipinski definition) is 0. The Kier molecular flexibility index (Phi) is 6.21. The van der Waals surface area contributed by atoms with Crippen molar-refractivity contribution in [1.82, 2.24) is 9.78 Å². The third-order valence-corrected chi connectivity index (χ3v) is 6.00. The number of thiocarbonyl (C=S) groups is 1. The van der Waals surface area contributed by atoms with Crippen molar-refractivity contribution in [2.45, 2.75) is 5.75 Å². The van der Waals surface area contributed by atoms with Gasteiger partial charge in [-0.2, -0.15) is 15.3 Å². The summed E-state index contributed by atoms with van der Waals surface area (Å²) in [4.78, 5) is 2.05. The highest BCUT2D eigenvalue weighted by Gasteiger charge is 2.09. The van der Waals surface area contributed by atoms with Crippen LogP contribution in [-0.4, -0.2) is 28.2 Å². The molecule has 1 aromatic heterocycles. The molecule has 1 heterocycles. The van der Waals surface area contributed by atoms with Gasteiger partial charge in [-0.15, -0.1) is 0 Å².